The number of hydrogen-bond acceptors (Lipinski definition) is 4. The predicted octanol–water partition coefficient (Wildman–Crippen LogP) is 1.19. The fourth-order valence-electron chi connectivity index (χ4n) is 1.12. The van der Waals surface area contributed by atoms with Crippen LogP contribution in [0.15, 0.2) is 30.3 Å². The molecule has 0 saturated carbocycles. The minimum atomic E-state index is -0.253. The van der Waals surface area contributed by atoms with Crippen LogP contribution in [0.5, 0.6) is 5.75 Å². The summed E-state index contributed by atoms with van der Waals surface area (Å²) in [5.74, 6) is 0.830. The van der Waals surface area contributed by atoms with Crippen molar-refractivity contribution in [2.45, 2.75) is 6.04 Å². The Kier molecular flexibility index (Phi) is 6.00. The quantitative estimate of drug-likeness (QED) is 0.701. The van der Waals surface area contributed by atoms with Crippen molar-refractivity contribution < 1.29 is 9.47 Å². The van der Waals surface area contributed by atoms with Crippen molar-refractivity contribution in [3.63, 3.8) is 0 Å². The summed E-state index contributed by atoms with van der Waals surface area (Å²) in [6, 6.07) is 11.4. The second-order valence-corrected chi connectivity index (χ2v) is 3.21. The SMILES string of the molecule is CNC(C#N)COCCOc1ccccc1. The number of hydrogen-bond donors (Lipinski definition) is 1. The Hall–Kier alpha value is -1.57. The number of likely N-dealkylation sites (N-methyl/N-ethyl adjacent to an activating group) is 1. The molecule has 0 aliphatic heterocycles. The molecule has 1 aromatic carbocycles. The van der Waals surface area contributed by atoms with Crippen molar-refractivity contribution >= 4 is 0 Å². The highest BCUT2D eigenvalue weighted by atomic mass is 16.5. The molecular weight excluding hydrogens is 204 g/mol. The second kappa shape index (κ2) is 7.69. The largest absolute Gasteiger partial charge is 0.491 e. The molecule has 0 radical (unpaired) electrons. The molecule has 4 nitrogen and oxygen atoms in total. The Morgan fingerprint density at radius 1 is 1.31 bits per heavy atom. The van der Waals surface area contributed by atoms with Gasteiger partial charge in [0.25, 0.3) is 0 Å². The van der Waals surface area contributed by atoms with Crippen molar-refractivity contribution in [2.75, 3.05) is 26.9 Å². The number of ether oxygens (including phenoxy) is 2. The number of benzene rings is 1. The Morgan fingerprint density at radius 3 is 2.69 bits per heavy atom. The minimum Gasteiger partial charge on any atom is -0.491 e. The van der Waals surface area contributed by atoms with Crippen LogP contribution in [0, 0.1) is 11.3 Å². The van der Waals surface area contributed by atoms with Crippen LogP contribution < -0.4 is 10.1 Å². The summed E-state index contributed by atoms with van der Waals surface area (Å²) in [4.78, 5) is 0. The molecule has 0 amide bonds. The van der Waals surface area contributed by atoms with Crippen molar-refractivity contribution in [3.8, 4) is 11.8 Å². The lowest BCUT2D eigenvalue weighted by atomic mass is 10.3. The molecule has 0 heterocycles. The van der Waals surface area contributed by atoms with Crippen molar-refractivity contribution in [2.24, 2.45) is 0 Å². The van der Waals surface area contributed by atoms with Gasteiger partial charge in [0.15, 0.2) is 0 Å². The van der Waals surface area contributed by atoms with Gasteiger partial charge in [-0.3, -0.25) is 0 Å². The first-order valence-electron chi connectivity index (χ1n) is 5.19. The molecule has 0 fully saturated rings. The number of rotatable bonds is 7. The van der Waals surface area contributed by atoms with Crippen LogP contribution >= 0.6 is 0 Å². The molecule has 1 aromatic rings. The Labute approximate surface area is 95.8 Å². The molecule has 0 spiro atoms. The van der Waals surface area contributed by atoms with Gasteiger partial charge in [-0.25, -0.2) is 0 Å². The summed E-state index contributed by atoms with van der Waals surface area (Å²) in [6.45, 7) is 1.35. The molecule has 0 aromatic heterocycles. The van der Waals surface area contributed by atoms with Gasteiger partial charge in [0.1, 0.15) is 18.4 Å². The Morgan fingerprint density at radius 2 is 2.06 bits per heavy atom. The zero-order valence-corrected chi connectivity index (χ0v) is 9.35. The number of nitriles is 1. The second-order valence-electron chi connectivity index (χ2n) is 3.21. The highest BCUT2D eigenvalue weighted by molar-refractivity contribution is 5.20. The highest BCUT2D eigenvalue weighted by Crippen LogP contribution is 2.07. The van der Waals surface area contributed by atoms with Crippen LogP contribution in [0.1, 0.15) is 0 Å². The monoisotopic (exact) mass is 220 g/mol. The van der Waals surface area contributed by atoms with E-state index in [1.807, 2.05) is 30.3 Å². The molecule has 1 N–H and O–H groups in total. The molecule has 1 atom stereocenters. The first-order chi connectivity index (χ1) is 7.86. The van der Waals surface area contributed by atoms with Gasteiger partial charge in [-0.2, -0.15) is 5.26 Å². The third-order valence-corrected chi connectivity index (χ3v) is 2.03. The van der Waals surface area contributed by atoms with Gasteiger partial charge in [0.2, 0.25) is 0 Å². The highest BCUT2D eigenvalue weighted by Gasteiger charge is 2.02. The molecular formula is C12H16N2O2. The molecule has 4 heteroatoms. The van der Waals surface area contributed by atoms with E-state index in [-0.39, 0.29) is 6.04 Å². The Bertz CT molecular complexity index is 322. The third kappa shape index (κ3) is 4.78. The van der Waals surface area contributed by atoms with Crippen LogP contribution in [0.25, 0.3) is 0 Å². The number of nitrogens with one attached hydrogen (secondary N) is 1. The van der Waals surface area contributed by atoms with E-state index >= 15 is 0 Å². The van der Waals surface area contributed by atoms with Crippen LogP contribution in [-0.4, -0.2) is 32.9 Å². The molecule has 0 bridgehead atoms. The van der Waals surface area contributed by atoms with Gasteiger partial charge in [-0.15, -0.1) is 0 Å². The van der Waals surface area contributed by atoms with E-state index < -0.39 is 0 Å². The summed E-state index contributed by atoms with van der Waals surface area (Å²) in [5.41, 5.74) is 0. The molecule has 86 valence electrons. The standard InChI is InChI=1S/C12H16N2O2/c1-14-11(9-13)10-15-7-8-16-12-5-3-2-4-6-12/h2-6,11,14H,7-8,10H2,1H3. The van der Waals surface area contributed by atoms with E-state index in [9.17, 15) is 0 Å². The van der Waals surface area contributed by atoms with Crippen molar-refractivity contribution in [3.05, 3.63) is 30.3 Å². The lowest BCUT2D eigenvalue weighted by Crippen LogP contribution is -2.29. The zero-order valence-electron chi connectivity index (χ0n) is 9.35. The summed E-state index contributed by atoms with van der Waals surface area (Å²) < 4.78 is 10.7. The number of para-hydroxylation sites is 1. The molecule has 0 saturated heterocycles. The number of nitrogens with zero attached hydrogens (tertiary/aromatic N) is 1. The Balaban J connectivity index is 2.07. The third-order valence-electron chi connectivity index (χ3n) is 2.03. The lowest BCUT2D eigenvalue weighted by molar-refractivity contribution is 0.0935. The van der Waals surface area contributed by atoms with Crippen LogP contribution in [0.4, 0.5) is 0 Å². The normalized spacial score (nSPS) is 11.8. The lowest BCUT2D eigenvalue weighted by Gasteiger charge is -2.09. The average molecular weight is 220 g/mol. The first kappa shape index (κ1) is 12.5. The molecule has 1 rings (SSSR count). The molecule has 16 heavy (non-hydrogen) atoms. The van der Waals surface area contributed by atoms with Gasteiger partial charge in [0.05, 0.1) is 19.3 Å². The van der Waals surface area contributed by atoms with Crippen molar-refractivity contribution in [1.29, 1.82) is 5.26 Å². The predicted molar refractivity (Wildman–Crippen MR) is 61.2 cm³/mol. The zero-order chi connectivity index (χ0) is 11.6. The van der Waals surface area contributed by atoms with E-state index in [4.69, 9.17) is 14.7 Å². The minimum absolute atomic E-state index is 0.253. The molecule has 1 unspecified atom stereocenters. The van der Waals surface area contributed by atoms with Crippen molar-refractivity contribution in [1.82, 2.24) is 5.32 Å². The molecule has 0 aliphatic rings. The van der Waals surface area contributed by atoms with E-state index in [2.05, 4.69) is 11.4 Å². The van der Waals surface area contributed by atoms with Gasteiger partial charge >= 0.3 is 0 Å². The van der Waals surface area contributed by atoms with Gasteiger partial charge in [0, 0.05) is 0 Å². The van der Waals surface area contributed by atoms with Gasteiger partial charge in [-0.1, -0.05) is 18.2 Å². The summed E-state index contributed by atoms with van der Waals surface area (Å²) in [7, 11) is 1.73. The summed E-state index contributed by atoms with van der Waals surface area (Å²) in [5, 5.41) is 11.5. The fourth-order valence-corrected chi connectivity index (χ4v) is 1.12. The topological polar surface area (TPSA) is 54.3 Å². The maximum Gasteiger partial charge on any atom is 0.119 e. The summed E-state index contributed by atoms with van der Waals surface area (Å²) in [6.07, 6.45) is 0. The first-order valence-corrected chi connectivity index (χ1v) is 5.19. The van der Waals surface area contributed by atoms with E-state index in [0.29, 0.717) is 19.8 Å². The van der Waals surface area contributed by atoms with Gasteiger partial charge in [-0.05, 0) is 19.2 Å². The van der Waals surface area contributed by atoms with E-state index in [1.54, 1.807) is 7.05 Å². The average Bonchev–Trinajstić information content (AvgIpc) is 2.35. The smallest absolute Gasteiger partial charge is 0.119 e. The fraction of sp³-hybridized carbons (Fsp3) is 0.417. The van der Waals surface area contributed by atoms with Crippen LogP contribution in [-0.2, 0) is 4.74 Å². The van der Waals surface area contributed by atoms with Gasteiger partial charge < -0.3 is 14.8 Å². The van der Waals surface area contributed by atoms with Crippen LogP contribution in [0.2, 0.25) is 0 Å². The molecule has 0 aliphatic carbocycles. The summed E-state index contributed by atoms with van der Waals surface area (Å²) >= 11 is 0. The van der Waals surface area contributed by atoms with E-state index in [1.165, 1.54) is 0 Å². The van der Waals surface area contributed by atoms with E-state index in [0.717, 1.165) is 5.75 Å². The van der Waals surface area contributed by atoms with Crippen LogP contribution in [0.3, 0.4) is 0 Å². The maximum absolute atomic E-state index is 8.64. The maximum atomic E-state index is 8.64.